The molecule has 0 aromatic carbocycles. The van der Waals surface area contributed by atoms with E-state index in [9.17, 15) is 0 Å². The monoisotopic (exact) mass is 226 g/mol. The van der Waals surface area contributed by atoms with Gasteiger partial charge in [0.25, 0.3) is 0 Å². The molecule has 15 heavy (non-hydrogen) atoms. The first kappa shape index (κ1) is 12.7. The molecule has 0 amide bonds. The lowest BCUT2D eigenvalue weighted by Crippen LogP contribution is -2.15. The van der Waals surface area contributed by atoms with Crippen LogP contribution in [0.2, 0.25) is 0 Å². The normalized spacial score (nSPS) is 10.8. The Bertz CT molecular complexity index is 258. The predicted octanol–water partition coefficient (Wildman–Crippen LogP) is 2.74. The summed E-state index contributed by atoms with van der Waals surface area (Å²) in [6.45, 7) is 7.55. The van der Waals surface area contributed by atoms with Crippen molar-refractivity contribution in [3.63, 3.8) is 0 Å². The second-order valence-electron chi connectivity index (χ2n) is 3.52. The third-order valence-electron chi connectivity index (χ3n) is 2.37. The maximum Gasteiger partial charge on any atom is 0.0359 e. The first-order chi connectivity index (χ1) is 7.38. The Kier molecular flexibility index (Phi) is 6.60. The Morgan fingerprint density at radius 2 is 2.27 bits per heavy atom. The lowest BCUT2D eigenvalue weighted by atomic mass is 10.4. The van der Waals surface area contributed by atoms with Crippen LogP contribution in [0.1, 0.15) is 26.0 Å². The summed E-state index contributed by atoms with van der Waals surface area (Å²) in [5.74, 6) is 2.51. The minimum atomic E-state index is 0.990. The van der Waals surface area contributed by atoms with E-state index in [0.29, 0.717) is 0 Å². The van der Waals surface area contributed by atoms with Gasteiger partial charge in [-0.3, -0.25) is 0 Å². The Morgan fingerprint density at radius 1 is 1.40 bits per heavy atom. The number of hydrogen-bond acceptors (Lipinski definition) is 2. The van der Waals surface area contributed by atoms with Crippen molar-refractivity contribution in [3.8, 4) is 0 Å². The van der Waals surface area contributed by atoms with Crippen LogP contribution in [0.25, 0.3) is 0 Å². The molecule has 0 aliphatic carbocycles. The van der Waals surface area contributed by atoms with Crippen molar-refractivity contribution in [2.24, 2.45) is 0 Å². The first-order valence-electron chi connectivity index (χ1n) is 5.81. The van der Waals surface area contributed by atoms with E-state index in [1.165, 1.54) is 23.6 Å². The van der Waals surface area contributed by atoms with Crippen molar-refractivity contribution >= 4 is 11.8 Å². The van der Waals surface area contributed by atoms with Crippen LogP contribution >= 0.6 is 11.8 Å². The van der Waals surface area contributed by atoms with Crippen LogP contribution in [0.4, 0.5) is 0 Å². The molecule has 0 bridgehead atoms. The van der Waals surface area contributed by atoms with Crippen LogP contribution in [-0.2, 0) is 13.1 Å². The average Bonchev–Trinajstić information content (AvgIpc) is 2.69. The maximum atomic E-state index is 3.37. The van der Waals surface area contributed by atoms with Crippen LogP contribution in [0.3, 0.4) is 0 Å². The van der Waals surface area contributed by atoms with Crippen LogP contribution in [0.15, 0.2) is 18.3 Å². The largest absolute Gasteiger partial charge is 0.350 e. The van der Waals surface area contributed by atoms with Crippen LogP contribution in [0, 0.1) is 0 Å². The fraction of sp³-hybridized carbons (Fsp3) is 0.667. The third kappa shape index (κ3) is 4.76. The van der Waals surface area contributed by atoms with Crippen molar-refractivity contribution in [2.45, 2.75) is 33.4 Å². The molecule has 1 rings (SSSR count). The van der Waals surface area contributed by atoms with E-state index >= 15 is 0 Å². The number of nitrogens with one attached hydrogen (secondary N) is 1. The number of aryl methyl sites for hydroxylation is 1. The molecule has 0 radical (unpaired) electrons. The summed E-state index contributed by atoms with van der Waals surface area (Å²) < 4.78 is 2.36. The second-order valence-corrected chi connectivity index (χ2v) is 4.92. The maximum absolute atomic E-state index is 3.37. The Labute approximate surface area is 97.4 Å². The van der Waals surface area contributed by atoms with Crippen LogP contribution in [0.5, 0.6) is 0 Å². The zero-order chi connectivity index (χ0) is 10.9. The van der Waals surface area contributed by atoms with Gasteiger partial charge in [0.2, 0.25) is 0 Å². The third-order valence-corrected chi connectivity index (χ3v) is 3.36. The molecule has 0 saturated heterocycles. The fourth-order valence-electron chi connectivity index (χ4n) is 1.56. The highest BCUT2D eigenvalue weighted by molar-refractivity contribution is 7.99. The molecule has 0 aliphatic rings. The van der Waals surface area contributed by atoms with E-state index < -0.39 is 0 Å². The summed E-state index contributed by atoms with van der Waals surface area (Å²) in [4.78, 5) is 0. The average molecular weight is 226 g/mol. The van der Waals surface area contributed by atoms with Gasteiger partial charge in [-0.15, -0.1) is 0 Å². The van der Waals surface area contributed by atoms with Crippen molar-refractivity contribution in [1.29, 1.82) is 0 Å². The predicted molar refractivity (Wildman–Crippen MR) is 69.4 cm³/mol. The van der Waals surface area contributed by atoms with E-state index in [1.54, 1.807) is 0 Å². The standard InChI is InChI=1S/C12H22N2S/c1-3-13-11-12-7-5-8-14(12)9-6-10-15-4-2/h5,7-8,13H,3-4,6,9-11H2,1-2H3. The molecule has 1 aromatic heterocycles. The Morgan fingerprint density at radius 3 is 3.00 bits per heavy atom. The molecule has 0 fully saturated rings. The van der Waals surface area contributed by atoms with Crippen molar-refractivity contribution in [2.75, 3.05) is 18.1 Å². The van der Waals surface area contributed by atoms with Gasteiger partial charge in [0.15, 0.2) is 0 Å². The molecule has 0 spiro atoms. The molecule has 86 valence electrons. The van der Waals surface area contributed by atoms with E-state index in [4.69, 9.17) is 0 Å². The van der Waals surface area contributed by atoms with Gasteiger partial charge in [-0.2, -0.15) is 11.8 Å². The number of hydrogen-bond donors (Lipinski definition) is 1. The molecule has 1 heterocycles. The minimum absolute atomic E-state index is 0.990. The highest BCUT2D eigenvalue weighted by Crippen LogP contribution is 2.06. The van der Waals surface area contributed by atoms with Crippen LogP contribution in [-0.4, -0.2) is 22.6 Å². The van der Waals surface area contributed by atoms with Crippen LogP contribution < -0.4 is 5.32 Å². The summed E-state index contributed by atoms with van der Waals surface area (Å²) in [6, 6.07) is 4.34. The number of aromatic nitrogens is 1. The Balaban J connectivity index is 2.29. The molecule has 2 nitrogen and oxygen atoms in total. The molecule has 1 N–H and O–H groups in total. The molecular weight excluding hydrogens is 204 g/mol. The quantitative estimate of drug-likeness (QED) is 0.686. The van der Waals surface area contributed by atoms with Crippen molar-refractivity contribution in [1.82, 2.24) is 9.88 Å². The molecule has 0 aliphatic heterocycles. The molecule has 3 heteroatoms. The van der Waals surface area contributed by atoms with E-state index in [2.05, 4.69) is 42.1 Å². The minimum Gasteiger partial charge on any atom is -0.350 e. The number of thioether (sulfide) groups is 1. The summed E-state index contributed by atoms with van der Waals surface area (Å²) in [5, 5.41) is 3.37. The molecule has 0 unspecified atom stereocenters. The van der Waals surface area contributed by atoms with E-state index in [-0.39, 0.29) is 0 Å². The summed E-state index contributed by atoms with van der Waals surface area (Å²) in [5.41, 5.74) is 1.40. The highest BCUT2D eigenvalue weighted by Gasteiger charge is 1.99. The summed E-state index contributed by atoms with van der Waals surface area (Å²) in [7, 11) is 0. The zero-order valence-electron chi connectivity index (χ0n) is 9.83. The topological polar surface area (TPSA) is 17.0 Å². The lowest BCUT2D eigenvalue weighted by Gasteiger charge is -2.09. The fourth-order valence-corrected chi connectivity index (χ4v) is 2.18. The smallest absolute Gasteiger partial charge is 0.0359 e. The molecule has 0 saturated carbocycles. The van der Waals surface area contributed by atoms with Gasteiger partial charge in [0.1, 0.15) is 0 Å². The number of rotatable bonds is 8. The second kappa shape index (κ2) is 7.83. The van der Waals surface area contributed by atoms with Gasteiger partial charge >= 0.3 is 0 Å². The zero-order valence-corrected chi connectivity index (χ0v) is 10.6. The SMILES string of the molecule is CCNCc1cccn1CCCSCC. The van der Waals surface area contributed by atoms with Crippen molar-refractivity contribution in [3.05, 3.63) is 24.0 Å². The summed E-state index contributed by atoms with van der Waals surface area (Å²) in [6.07, 6.45) is 3.45. The first-order valence-corrected chi connectivity index (χ1v) is 6.96. The molecule has 1 aromatic rings. The lowest BCUT2D eigenvalue weighted by molar-refractivity contribution is 0.615. The van der Waals surface area contributed by atoms with Gasteiger partial charge in [-0.25, -0.2) is 0 Å². The van der Waals surface area contributed by atoms with E-state index in [0.717, 1.165) is 19.6 Å². The van der Waals surface area contributed by atoms with Gasteiger partial charge in [0, 0.05) is 25.0 Å². The van der Waals surface area contributed by atoms with E-state index in [1.807, 2.05) is 11.8 Å². The van der Waals surface area contributed by atoms with Gasteiger partial charge in [-0.05, 0) is 36.6 Å². The van der Waals surface area contributed by atoms with Gasteiger partial charge in [-0.1, -0.05) is 13.8 Å². The van der Waals surface area contributed by atoms with Crippen molar-refractivity contribution < 1.29 is 0 Å². The summed E-state index contributed by atoms with van der Waals surface area (Å²) >= 11 is 2.02. The van der Waals surface area contributed by atoms with Gasteiger partial charge < -0.3 is 9.88 Å². The molecule has 0 atom stereocenters. The number of nitrogens with zero attached hydrogens (tertiary/aromatic N) is 1. The molecular formula is C12H22N2S. The Hall–Kier alpha value is -0.410. The van der Waals surface area contributed by atoms with Gasteiger partial charge in [0.05, 0.1) is 0 Å². The highest BCUT2D eigenvalue weighted by atomic mass is 32.2.